The van der Waals surface area contributed by atoms with Gasteiger partial charge in [-0.2, -0.15) is 13.5 Å². The summed E-state index contributed by atoms with van der Waals surface area (Å²) in [5.41, 5.74) is 6.75. The second-order valence-electron chi connectivity index (χ2n) is 12.5. The van der Waals surface area contributed by atoms with Crippen molar-refractivity contribution < 1.29 is 26.7 Å². The number of rotatable bonds is 10. The van der Waals surface area contributed by atoms with Gasteiger partial charge in [0.1, 0.15) is 5.75 Å². The van der Waals surface area contributed by atoms with Gasteiger partial charge in [-0.15, -0.1) is 0 Å². The fourth-order valence-electron chi connectivity index (χ4n) is 6.41. The smallest absolute Gasteiger partial charge is 0.298 e. The van der Waals surface area contributed by atoms with Gasteiger partial charge in [-0.3, -0.25) is 4.79 Å². The zero-order chi connectivity index (χ0) is 33.2. The van der Waals surface area contributed by atoms with Crippen LogP contribution in [0.5, 0.6) is 5.75 Å². The largest absolute Gasteiger partial charge is 0.490 e. The molecular weight excluding hydrogens is 644 g/mol. The fraction of sp³-hybridized carbons (Fsp3) is 0.361. The number of fused-ring (bicyclic) bond motifs is 1. The van der Waals surface area contributed by atoms with Gasteiger partial charge in [0.2, 0.25) is 15.9 Å². The predicted octanol–water partition coefficient (Wildman–Crippen LogP) is 7.12. The van der Waals surface area contributed by atoms with Crippen LogP contribution in [-0.2, 0) is 20.7 Å². The van der Waals surface area contributed by atoms with Crippen molar-refractivity contribution in [3.05, 3.63) is 95.5 Å². The number of nitrogens with two attached hydrogens (primary N) is 1. The van der Waals surface area contributed by atoms with E-state index in [-0.39, 0.29) is 30.0 Å². The van der Waals surface area contributed by atoms with Gasteiger partial charge in [-0.05, 0) is 109 Å². The van der Waals surface area contributed by atoms with Gasteiger partial charge in [0.15, 0.2) is 6.04 Å². The van der Waals surface area contributed by atoms with Crippen LogP contribution in [0.2, 0.25) is 5.02 Å². The van der Waals surface area contributed by atoms with Crippen molar-refractivity contribution in [1.82, 2.24) is 9.62 Å². The number of carbonyl (C=O) groups is 1. The summed E-state index contributed by atoms with van der Waals surface area (Å²) < 4.78 is 68.6. The number of nitrogens with one attached hydrogen (secondary N) is 1. The number of benzene rings is 4. The Morgan fingerprint density at radius 2 is 1.49 bits per heavy atom. The molecule has 2 fully saturated rings. The number of piperidine rings is 1. The third-order valence-corrected chi connectivity index (χ3v) is 11.0. The summed E-state index contributed by atoms with van der Waals surface area (Å²) in [6.07, 6.45) is 5.56. The predicted molar refractivity (Wildman–Crippen MR) is 180 cm³/mol. The van der Waals surface area contributed by atoms with E-state index in [9.17, 15) is 13.2 Å². The molecule has 2 aliphatic rings. The monoisotopic (exact) mass is 681 g/mol. The average molecular weight is 682 g/mol. The minimum Gasteiger partial charge on any atom is -0.490 e. The molecule has 1 heterocycles. The Hall–Kier alpha value is -3.57. The minimum atomic E-state index is -4.57. The Morgan fingerprint density at radius 3 is 2.13 bits per heavy atom. The maximum atomic E-state index is 16.4. The molecule has 1 aliphatic carbocycles. The van der Waals surface area contributed by atoms with Crippen LogP contribution < -0.4 is 15.2 Å². The van der Waals surface area contributed by atoms with Crippen LogP contribution >= 0.6 is 11.6 Å². The highest BCUT2D eigenvalue weighted by molar-refractivity contribution is 7.89. The van der Waals surface area contributed by atoms with Gasteiger partial charge < -0.3 is 15.4 Å². The van der Waals surface area contributed by atoms with E-state index in [1.807, 2.05) is 6.07 Å². The lowest BCUT2D eigenvalue weighted by Gasteiger charge is -2.36. The normalized spacial score (nSPS) is 17.2. The van der Waals surface area contributed by atoms with Gasteiger partial charge in [0.05, 0.1) is 11.0 Å². The van der Waals surface area contributed by atoms with Gasteiger partial charge in [-0.25, -0.2) is 8.42 Å². The number of carbonyl (C=O) groups excluding carboxylic acids is 1. The van der Waals surface area contributed by atoms with Crippen LogP contribution in [-0.4, -0.2) is 51.0 Å². The first-order chi connectivity index (χ1) is 22.5. The van der Waals surface area contributed by atoms with Gasteiger partial charge in [-0.1, -0.05) is 60.1 Å². The molecule has 1 atom stereocenters. The van der Waals surface area contributed by atoms with E-state index in [4.69, 9.17) is 22.1 Å². The second-order valence-corrected chi connectivity index (χ2v) is 14.6. The number of halogens is 3. The molecule has 4 aromatic carbocycles. The highest BCUT2D eigenvalue weighted by atomic mass is 35.5. The minimum absolute atomic E-state index is 0.169. The van der Waals surface area contributed by atoms with Crippen molar-refractivity contribution >= 4 is 38.3 Å². The summed E-state index contributed by atoms with van der Waals surface area (Å²) in [6.45, 7) is 0.863. The van der Waals surface area contributed by atoms with E-state index < -0.39 is 33.5 Å². The number of alkyl halides is 2. The summed E-state index contributed by atoms with van der Waals surface area (Å²) in [7, 11) is -4.57. The lowest BCUT2D eigenvalue weighted by Crippen LogP contribution is -2.57. The Morgan fingerprint density at radius 1 is 0.894 bits per heavy atom. The van der Waals surface area contributed by atoms with Gasteiger partial charge in [0.25, 0.3) is 5.92 Å². The highest BCUT2D eigenvalue weighted by Gasteiger charge is 2.50. The molecule has 1 aliphatic heterocycles. The van der Waals surface area contributed by atoms with E-state index in [0.29, 0.717) is 41.1 Å². The highest BCUT2D eigenvalue weighted by Crippen LogP contribution is 2.36. The van der Waals surface area contributed by atoms with E-state index >= 15 is 8.78 Å². The van der Waals surface area contributed by atoms with E-state index in [1.54, 1.807) is 42.5 Å². The summed E-state index contributed by atoms with van der Waals surface area (Å²) >= 11 is 5.99. The SMILES string of the molecule is NCC1CCN(C(=O)[C@H](NS(=O)(=O)c2ccc3cc(OC4CCCC4)ccc3c2)C(F)(F)c2ccc(-c3ccc(Cl)cc3)cc2)CC1. The van der Waals surface area contributed by atoms with Crippen molar-refractivity contribution in [2.24, 2.45) is 11.7 Å². The third kappa shape index (κ3) is 7.46. The molecule has 3 N–H and O–H groups in total. The summed E-state index contributed by atoms with van der Waals surface area (Å²) in [5, 5.41) is 1.90. The number of likely N-dealkylation sites (tertiary alicyclic amines) is 1. The zero-order valence-electron chi connectivity index (χ0n) is 25.9. The number of hydrogen-bond acceptors (Lipinski definition) is 5. The van der Waals surface area contributed by atoms with Crippen LogP contribution in [0.4, 0.5) is 8.78 Å². The van der Waals surface area contributed by atoms with Crippen molar-refractivity contribution in [3.8, 4) is 16.9 Å². The molecule has 11 heteroatoms. The average Bonchev–Trinajstić information content (AvgIpc) is 3.60. The molecule has 0 aromatic heterocycles. The number of sulfonamides is 1. The zero-order valence-corrected chi connectivity index (χ0v) is 27.5. The lowest BCUT2D eigenvalue weighted by atomic mass is 9.94. The Bertz CT molecular complexity index is 1820. The summed E-state index contributed by atoms with van der Waals surface area (Å²) in [5.74, 6) is -3.98. The standard InChI is InChI=1S/C36H38ClF2N3O4S/c37-30-13-7-26(8-14-30)25-5-11-29(12-6-25)36(38,39)34(35(43)42-19-17-24(23-40)18-20-42)41-47(44,45)33-16-10-27-21-32(15-9-28(27)22-33)46-31-3-1-2-4-31/h5-16,21-22,24,31,34,41H,1-4,17-20,23,40H2/t34-/m0/s1. The Balaban J connectivity index is 1.29. The number of nitrogens with zero attached hydrogens (tertiary/aromatic N) is 1. The molecule has 1 saturated carbocycles. The van der Waals surface area contributed by atoms with E-state index in [2.05, 4.69) is 4.72 Å². The molecule has 248 valence electrons. The van der Waals surface area contributed by atoms with Crippen LogP contribution in [0, 0.1) is 5.92 Å². The van der Waals surface area contributed by atoms with Gasteiger partial charge in [0, 0.05) is 23.7 Å². The van der Waals surface area contributed by atoms with Crippen LogP contribution in [0.25, 0.3) is 21.9 Å². The van der Waals surface area contributed by atoms with Crippen LogP contribution in [0.1, 0.15) is 44.1 Å². The number of amides is 1. The number of hydrogen-bond donors (Lipinski definition) is 2. The first-order valence-electron chi connectivity index (χ1n) is 16.0. The molecule has 0 unspecified atom stereocenters. The summed E-state index contributed by atoms with van der Waals surface area (Å²) in [4.78, 5) is 14.9. The Labute approximate surface area is 279 Å². The number of ether oxygens (including phenoxy) is 1. The molecule has 4 aromatic rings. The first kappa shape index (κ1) is 33.3. The molecular formula is C36H38ClF2N3O4S. The van der Waals surface area contributed by atoms with Crippen molar-refractivity contribution in [2.75, 3.05) is 19.6 Å². The summed E-state index contributed by atoms with van der Waals surface area (Å²) in [6, 6.07) is 19.8. The van der Waals surface area contributed by atoms with Crippen molar-refractivity contribution in [1.29, 1.82) is 0 Å². The molecule has 1 saturated heterocycles. The van der Waals surface area contributed by atoms with Crippen LogP contribution in [0.15, 0.2) is 89.8 Å². The molecule has 6 rings (SSSR count). The fourth-order valence-corrected chi connectivity index (χ4v) is 7.76. The maximum Gasteiger partial charge on any atom is 0.298 e. The van der Waals surface area contributed by atoms with E-state index in [0.717, 1.165) is 36.6 Å². The topological polar surface area (TPSA) is 102 Å². The van der Waals surface area contributed by atoms with Crippen molar-refractivity contribution in [3.63, 3.8) is 0 Å². The van der Waals surface area contributed by atoms with Crippen molar-refractivity contribution in [2.45, 2.75) is 61.5 Å². The molecule has 0 spiro atoms. The molecule has 0 radical (unpaired) electrons. The second kappa shape index (κ2) is 13.9. The van der Waals surface area contributed by atoms with Crippen LogP contribution in [0.3, 0.4) is 0 Å². The third-order valence-electron chi connectivity index (χ3n) is 9.29. The molecule has 47 heavy (non-hydrogen) atoms. The molecule has 7 nitrogen and oxygen atoms in total. The van der Waals surface area contributed by atoms with Gasteiger partial charge >= 0.3 is 0 Å². The maximum absolute atomic E-state index is 16.4. The van der Waals surface area contributed by atoms with E-state index in [1.165, 1.54) is 41.3 Å². The molecule has 0 bridgehead atoms. The quantitative estimate of drug-likeness (QED) is 0.186. The Kier molecular flexibility index (Phi) is 9.85. The first-order valence-corrected chi connectivity index (χ1v) is 17.9. The lowest BCUT2D eigenvalue weighted by molar-refractivity contribution is -0.145. The molecule has 1 amide bonds.